The van der Waals surface area contributed by atoms with Crippen molar-refractivity contribution >= 4 is 5.97 Å². The molecular formula is C15H12N2O3. The summed E-state index contributed by atoms with van der Waals surface area (Å²) in [4.78, 5) is 15.2. The second-order valence-electron chi connectivity index (χ2n) is 4.28. The summed E-state index contributed by atoms with van der Waals surface area (Å²) in [6, 6.07) is 9.96. The first kappa shape index (κ1) is 13.6. The van der Waals surface area contributed by atoms with Gasteiger partial charge in [0.2, 0.25) is 5.88 Å². The molecule has 0 aliphatic heterocycles. The fourth-order valence-electron chi connectivity index (χ4n) is 1.82. The maximum Gasteiger partial charge on any atom is 0.336 e. The molecule has 20 heavy (non-hydrogen) atoms. The van der Waals surface area contributed by atoms with Gasteiger partial charge in [-0.2, -0.15) is 5.26 Å². The number of nitrogens with zero attached hydrogens (tertiary/aromatic N) is 2. The highest BCUT2D eigenvalue weighted by molar-refractivity contribution is 5.90. The molecule has 0 amide bonds. The zero-order chi connectivity index (χ0) is 14.7. The summed E-state index contributed by atoms with van der Waals surface area (Å²) in [7, 11) is 0. The van der Waals surface area contributed by atoms with Crippen molar-refractivity contribution < 1.29 is 14.6 Å². The fourth-order valence-corrected chi connectivity index (χ4v) is 1.82. The van der Waals surface area contributed by atoms with Crippen LogP contribution in [0, 0.1) is 25.2 Å². The SMILES string of the molecule is Cc1cc(C#N)cc(Oc2cccc(C(=O)O)c2C)n1. The van der Waals surface area contributed by atoms with E-state index in [2.05, 4.69) is 4.98 Å². The van der Waals surface area contributed by atoms with Crippen LogP contribution in [-0.4, -0.2) is 16.1 Å². The van der Waals surface area contributed by atoms with E-state index in [0.717, 1.165) is 0 Å². The molecule has 0 aliphatic rings. The molecule has 2 rings (SSSR count). The van der Waals surface area contributed by atoms with Gasteiger partial charge in [0.15, 0.2) is 0 Å². The van der Waals surface area contributed by atoms with Crippen LogP contribution >= 0.6 is 0 Å². The first-order valence-corrected chi connectivity index (χ1v) is 5.91. The van der Waals surface area contributed by atoms with E-state index >= 15 is 0 Å². The van der Waals surface area contributed by atoms with Gasteiger partial charge in [-0.3, -0.25) is 0 Å². The van der Waals surface area contributed by atoms with Gasteiger partial charge in [-0.05, 0) is 32.0 Å². The average molecular weight is 268 g/mol. The van der Waals surface area contributed by atoms with E-state index in [4.69, 9.17) is 15.1 Å². The second kappa shape index (κ2) is 5.41. The quantitative estimate of drug-likeness (QED) is 0.924. The average Bonchev–Trinajstić information content (AvgIpc) is 2.40. The Morgan fingerprint density at radius 1 is 1.35 bits per heavy atom. The Hall–Kier alpha value is -2.87. The van der Waals surface area contributed by atoms with Crippen LogP contribution in [0.3, 0.4) is 0 Å². The van der Waals surface area contributed by atoms with Gasteiger partial charge in [0.25, 0.3) is 0 Å². The molecule has 100 valence electrons. The van der Waals surface area contributed by atoms with Crippen LogP contribution in [0.4, 0.5) is 0 Å². The Morgan fingerprint density at radius 2 is 2.10 bits per heavy atom. The standard InChI is InChI=1S/C15H12N2O3/c1-9-6-11(8-16)7-14(17-9)20-13-5-3-4-12(10(13)2)15(18)19/h3-7H,1-2H3,(H,18,19). The number of aromatic carboxylic acids is 1. The minimum absolute atomic E-state index is 0.177. The summed E-state index contributed by atoms with van der Waals surface area (Å²) in [5, 5.41) is 18.0. The van der Waals surface area contributed by atoms with Crippen molar-refractivity contribution in [2.24, 2.45) is 0 Å². The Bertz CT molecular complexity index is 718. The van der Waals surface area contributed by atoms with E-state index in [1.165, 1.54) is 12.1 Å². The number of aromatic nitrogens is 1. The summed E-state index contributed by atoms with van der Waals surface area (Å²) in [5.41, 5.74) is 1.79. The van der Waals surface area contributed by atoms with Crippen LogP contribution in [0.15, 0.2) is 30.3 Å². The molecule has 5 nitrogen and oxygen atoms in total. The summed E-state index contributed by atoms with van der Waals surface area (Å²) < 4.78 is 5.60. The lowest BCUT2D eigenvalue weighted by molar-refractivity contribution is 0.0695. The Morgan fingerprint density at radius 3 is 2.75 bits per heavy atom. The Kier molecular flexibility index (Phi) is 3.67. The van der Waals surface area contributed by atoms with Crippen LogP contribution in [0.5, 0.6) is 11.6 Å². The number of carboxylic acids is 1. The van der Waals surface area contributed by atoms with Crippen LogP contribution in [0.25, 0.3) is 0 Å². The molecular weight excluding hydrogens is 256 g/mol. The number of carboxylic acid groups (broad SMARTS) is 1. The van der Waals surface area contributed by atoms with Crippen LogP contribution in [0.2, 0.25) is 0 Å². The molecule has 1 aromatic heterocycles. The molecule has 5 heteroatoms. The number of nitriles is 1. The lowest BCUT2D eigenvalue weighted by Crippen LogP contribution is -2.01. The molecule has 0 atom stereocenters. The predicted molar refractivity (Wildman–Crippen MR) is 71.9 cm³/mol. The third-order valence-corrected chi connectivity index (χ3v) is 2.79. The van der Waals surface area contributed by atoms with Gasteiger partial charge >= 0.3 is 5.97 Å². The van der Waals surface area contributed by atoms with Crippen molar-refractivity contribution in [3.05, 3.63) is 52.7 Å². The highest BCUT2D eigenvalue weighted by atomic mass is 16.5. The number of carbonyl (C=O) groups is 1. The minimum Gasteiger partial charge on any atom is -0.478 e. The predicted octanol–water partition coefficient (Wildman–Crippen LogP) is 3.06. The topological polar surface area (TPSA) is 83.2 Å². The number of aryl methyl sites for hydroxylation is 1. The van der Waals surface area contributed by atoms with Gasteiger partial charge in [-0.1, -0.05) is 6.07 Å². The zero-order valence-electron chi connectivity index (χ0n) is 11.0. The third kappa shape index (κ3) is 2.75. The third-order valence-electron chi connectivity index (χ3n) is 2.79. The second-order valence-corrected chi connectivity index (χ2v) is 4.28. The molecule has 1 N–H and O–H groups in total. The van der Waals surface area contributed by atoms with Gasteiger partial charge < -0.3 is 9.84 Å². The number of pyridine rings is 1. The number of hydrogen-bond acceptors (Lipinski definition) is 4. The molecule has 0 unspecified atom stereocenters. The number of ether oxygens (including phenoxy) is 1. The van der Waals surface area contributed by atoms with Gasteiger partial charge in [0.1, 0.15) is 5.75 Å². The molecule has 0 fully saturated rings. The van der Waals surface area contributed by atoms with E-state index in [-0.39, 0.29) is 11.4 Å². The van der Waals surface area contributed by atoms with Gasteiger partial charge in [0, 0.05) is 17.3 Å². The number of hydrogen-bond donors (Lipinski definition) is 1. The summed E-state index contributed by atoms with van der Waals surface area (Å²) in [6.07, 6.45) is 0. The minimum atomic E-state index is -1.01. The summed E-state index contributed by atoms with van der Waals surface area (Å²) in [5.74, 6) is -0.332. The molecule has 0 spiro atoms. The lowest BCUT2D eigenvalue weighted by Gasteiger charge is -2.10. The number of benzene rings is 1. The van der Waals surface area contributed by atoms with E-state index < -0.39 is 5.97 Å². The van der Waals surface area contributed by atoms with Crippen LogP contribution in [0.1, 0.15) is 27.2 Å². The molecule has 1 heterocycles. The van der Waals surface area contributed by atoms with Gasteiger partial charge in [-0.25, -0.2) is 9.78 Å². The molecule has 2 aromatic rings. The van der Waals surface area contributed by atoms with Crippen molar-refractivity contribution in [1.29, 1.82) is 5.26 Å². The molecule has 0 saturated carbocycles. The first-order valence-electron chi connectivity index (χ1n) is 5.91. The van der Waals surface area contributed by atoms with E-state index in [0.29, 0.717) is 22.6 Å². The molecule has 0 bridgehead atoms. The van der Waals surface area contributed by atoms with Crippen LogP contribution in [-0.2, 0) is 0 Å². The summed E-state index contributed by atoms with van der Waals surface area (Å²) in [6.45, 7) is 3.42. The van der Waals surface area contributed by atoms with Gasteiger partial charge in [0.05, 0.1) is 17.2 Å². The lowest BCUT2D eigenvalue weighted by atomic mass is 10.1. The van der Waals surface area contributed by atoms with Crippen molar-refractivity contribution in [2.75, 3.05) is 0 Å². The Labute approximate surface area is 116 Å². The van der Waals surface area contributed by atoms with Crippen molar-refractivity contribution in [3.63, 3.8) is 0 Å². The highest BCUT2D eigenvalue weighted by Crippen LogP contribution is 2.26. The first-order chi connectivity index (χ1) is 9.51. The van der Waals surface area contributed by atoms with E-state index in [1.54, 1.807) is 32.0 Å². The van der Waals surface area contributed by atoms with E-state index in [9.17, 15) is 4.79 Å². The molecule has 0 radical (unpaired) electrons. The Balaban J connectivity index is 2.41. The molecule has 1 aromatic carbocycles. The largest absolute Gasteiger partial charge is 0.478 e. The maximum absolute atomic E-state index is 11.1. The van der Waals surface area contributed by atoms with Gasteiger partial charge in [-0.15, -0.1) is 0 Å². The normalized spacial score (nSPS) is 9.85. The summed E-state index contributed by atoms with van der Waals surface area (Å²) >= 11 is 0. The number of rotatable bonds is 3. The maximum atomic E-state index is 11.1. The molecule has 0 saturated heterocycles. The zero-order valence-corrected chi connectivity index (χ0v) is 11.0. The van der Waals surface area contributed by atoms with Crippen molar-refractivity contribution in [2.45, 2.75) is 13.8 Å². The monoisotopic (exact) mass is 268 g/mol. The fraction of sp³-hybridized carbons (Fsp3) is 0.133. The van der Waals surface area contributed by atoms with Crippen LogP contribution < -0.4 is 4.74 Å². The smallest absolute Gasteiger partial charge is 0.336 e. The van der Waals surface area contributed by atoms with E-state index in [1.807, 2.05) is 6.07 Å². The van der Waals surface area contributed by atoms with Crippen molar-refractivity contribution in [1.82, 2.24) is 4.98 Å². The highest BCUT2D eigenvalue weighted by Gasteiger charge is 2.12. The van der Waals surface area contributed by atoms with Crippen molar-refractivity contribution in [3.8, 4) is 17.7 Å². The molecule has 0 aliphatic carbocycles.